The van der Waals surface area contributed by atoms with Crippen molar-refractivity contribution in [3.8, 4) is 90.5 Å². The smallest absolute Gasteiger partial charge is 0.262 e. The Morgan fingerprint density at radius 3 is 0.792 bits per heavy atom. The number of ether oxygens (including phenoxy) is 8. The number of pyridine rings is 2. The van der Waals surface area contributed by atoms with E-state index in [-0.39, 0.29) is 184 Å². The van der Waals surface area contributed by atoms with E-state index < -0.39 is 47.5 Å². The van der Waals surface area contributed by atoms with Gasteiger partial charge in [-0.05, 0) is 227 Å². The molecule has 0 bridgehead atoms. The van der Waals surface area contributed by atoms with E-state index in [2.05, 4.69) is 41.9 Å². The number of rotatable bonds is 34. The van der Waals surface area contributed by atoms with Crippen molar-refractivity contribution >= 4 is 102 Å². The molecule has 6 fully saturated rings. The van der Waals surface area contributed by atoms with Gasteiger partial charge in [0.1, 0.15) is 58.1 Å². The summed E-state index contributed by atoms with van der Waals surface area (Å²) < 4.78 is 52.6. The van der Waals surface area contributed by atoms with Crippen molar-refractivity contribution in [1.82, 2.24) is 51.7 Å². The van der Waals surface area contributed by atoms with Gasteiger partial charge in [0.25, 0.3) is 47.3 Å². The molecule has 15 aromatic rings. The van der Waals surface area contributed by atoms with E-state index >= 15 is 28.8 Å². The molecule has 144 heavy (non-hydrogen) atoms. The van der Waals surface area contributed by atoms with Crippen molar-refractivity contribution in [2.75, 3.05) is 52.6 Å². The number of imide groups is 2. The zero-order valence-corrected chi connectivity index (χ0v) is 78.3. The molecule has 4 saturated heterocycles. The van der Waals surface area contributed by atoms with Gasteiger partial charge in [0.15, 0.2) is 0 Å². The van der Waals surface area contributed by atoms with Gasteiger partial charge in [0.05, 0.1) is 73.1 Å². The zero-order valence-electron chi connectivity index (χ0n) is 78.3. The predicted octanol–water partition coefficient (Wildman–Crippen LogP) is 18.2. The molecule has 10 amide bonds. The van der Waals surface area contributed by atoms with Crippen molar-refractivity contribution in [3.63, 3.8) is 0 Å². The number of nitrogens with zero attached hydrogens (tertiary/aromatic N) is 4. The van der Waals surface area contributed by atoms with Crippen LogP contribution in [-0.2, 0) is 41.4 Å². The summed E-state index contributed by atoms with van der Waals surface area (Å²) in [6.45, 7) is 3.40. The van der Waals surface area contributed by atoms with Crippen LogP contribution in [0.15, 0.2) is 267 Å². The first-order valence-electron chi connectivity index (χ1n) is 49.1. The highest BCUT2D eigenvalue weighted by molar-refractivity contribution is 6.45. The normalized spacial score (nSPS) is 17.8. The molecular formula is C116H98N10O18. The summed E-state index contributed by atoms with van der Waals surface area (Å²) in [6, 6.07) is 66.6. The van der Waals surface area contributed by atoms with Crippen LogP contribution in [0, 0.1) is 0 Å². The van der Waals surface area contributed by atoms with E-state index in [1.807, 2.05) is 48.5 Å². The Bertz CT molecular complexity index is 6890. The SMILES string of the molecule is O=C(NCC1CO1)c1cccc(-c2cccc(Oc3cc4c5c(cc(Oc6cccc(-c7cccc(C(=O)NCC8CO8)c7)c6)c6c7c(Oc8cccc(-c9cccc(C(=O)NCC%10CO%10)c9)c8)cc8c9c(cc(Oc%10cccc(-c%11cccc(C(=O)NCC%12CO%12)c%11)c%10)c(c3c56)c97)C(=O)N(C(Cc3ccncc3)C(=O)NC3CCCCC3)C8=O)C(=O)N(C(Cc3ccncc3)C(=O)NC3CCCCC3)C4=O)c2)c1. The van der Waals surface area contributed by atoms with Gasteiger partial charge < -0.3 is 69.8 Å². The second kappa shape index (κ2) is 39.2. The first-order chi connectivity index (χ1) is 70.4. The lowest BCUT2D eigenvalue weighted by Gasteiger charge is -2.36. The summed E-state index contributed by atoms with van der Waals surface area (Å²) >= 11 is 0. The van der Waals surface area contributed by atoms with Gasteiger partial charge in [0.2, 0.25) is 11.8 Å². The maximum atomic E-state index is 17.4. The summed E-state index contributed by atoms with van der Waals surface area (Å²) in [5.74, 6) is -5.57. The quantitative estimate of drug-likeness (QED) is 0.00944. The van der Waals surface area contributed by atoms with Gasteiger partial charge in [-0.25, -0.2) is 0 Å². The Morgan fingerprint density at radius 1 is 0.299 bits per heavy atom. The fraction of sp³-hybridized carbons (Fsp3) is 0.241. The molecule has 6 N–H and O–H groups in total. The molecule has 8 heterocycles. The number of hydrogen-bond acceptors (Lipinski definition) is 20. The molecule has 2 saturated carbocycles. The van der Waals surface area contributed by atoms with E-state index in [1.54, 1.807) is 219 Å². The molecule has 13 aromatic carbocycles. The van der Waals surface area contributed by atoms with Crippen LogP contribution in [0.2, 0.25) is 0 Å². The van der Waals surface area contributed by atoms with E-state index in [4.69, 9.17) is 37.9 Å². The summed E-state index contributed by atoms with van der Waals surface area (Å²) in [7, 11) is 0. The third-order valence-corrected chi connectivity index (χ3v) is 28.1. The van der Waals surface area contributed by atoms with Crippen LogP contribution in [0.1, 0.15) is 158 Å². The second-order valence-electron chi connectivity index (χ2n) is 38.0. The first kappa shape index (κ1) is 91.4. The number of fused-ring (bicyclic) bond motifs is 2. The molecule has 23 rings (SSSR count). The number of epoxide rings is 4. The fourth-order valence-electron chi connectivity index (χ4n) is 20.4. The van der Waals surface area contributed by atoms with Crippen molar-refractivity contribution in [2.45, 2.75) is 126 Å². The van der Waals surface area contributed by atoms with Crippen molar-refractivity contribution in [2.24, 2.45) is 0 Å². The molecule has 28 heteroatoms. The topological polar surface area (TPSA) is 362 Å². The van der Waals surface area contributed by atoms with Crippen LogP contribution in [0.3, 0.4) is 0 Å². The molecule has 2 aliphatic carbocycles. The lowest BCUT2D eigenvalue weighted by Crippen LogP contribution is -2.56. The van der Waals surface area contributed by atoms with Gasteiger partial charge in [-0.3, -0.25) is 67.7 Å². The lowest BCUT2D eigenvalue weighted by molar-refractivity contribution is -0.126. The first-order valence-corrected chi connectivity index (χ1v) is 49.1. The van der Waals surface area contributed by atoms with Crippen LogP contribution in [0.25, 0.3) is 87.6 Å². The average Bonchev–Trinajstić information content (AvgIpc) is 0.696. The third kappa shape index (κ3) is 19.1. The maximum absolute atomic E-state index is 17.4. The van der Waals surface area contributed by atoms with Crippen molar-refractivity contribution in [1.29, 1.82) is 0 Å². The Morgan fingerprint density at radius 2 is 0.542 bits per heavy atom. The number of hydrogen-bond donors (Lipinski definition) is 6. The molecule has 0 spiro atoms. The van der Waals surface area contributed by atoms with E-state index in [9.17, 15) is 19.2 Å². The maximum Gasteiger partial charge on any atom is 0.262 e. The Kier molecular flexibility index (Phi) is 24.9. The van der Waals surface area contributed by atoms with E-state index in [1.165, 1.54) is 0 Å². The second-order valence-corrected chi connectivity index (χ2v) is 38.0. The molecule has 6 unspecified atom stereocenters. The number of benzene rings is 13. The Labute approximate surface area is 826 Å². The molecular weight excluding hydrogens is 1820 g/mol. The highest BCUT2D eigenvalue weighted by atomic mass is 16.6. The molecule has 0 radical (unpaired) electrons. The van der Waals surface area contributed by atoms with Crippen LogP contribution in [-0.4, -0.2) is 180 Å². The van der Waals surface area contributed by atoms with Gasteiger partial charge >= 0.3 is 0 Å². The van der Waals surface area contributed by atoms with Crippen LogP contribution in [0.4, 0.5) is 0 Å². The Hall–Kier alpha value is -16.4. The molecule has 2 aromatic heterocycles. The number of carbonyl (C=O) groups excluding carboxylic acids is 10. The average molecular weight is 1920 g/mol. The summed E-state index contributed by atoms with van der Waals surface area (Å²) in [6.07, 6.45) is 13.6. The highest BCUT2D eigenvalue weighted by Gasteiger charge is 2.48. The minimum Gasteiger partial charge on any atom is -0.457 e. The summed E-state index contributed by atoms with van der Waals surface area (Å²) in [4.78, 5) is 168. The monoisotopic (exact) mass is 1920 g/mol. The third-order valence-electron chi connectivity index (χ3n) is 28.1. The van der Waals surface area contributed by atoms with Gasteiger partial charge in [-0.15, -0.1) is 0 Å². The van der Waals surface area contributed by atoms with Crippen molar-refractivity contribution < 1.29 is 85.8 Å². The van der Waals surface area contributed by atoms with Crippen LogP contribution < -0.4 is 50.8 Å². The molecule has 6 atom stereocenters. The van der Waals surface area contributed by atoms with Crippen LogP contribution >= 0.6 is 0 Å². The molecule has 8 aliphatic rings. The van der Waals surface area contributed by atoms with Gasteiger partial charge in [-0.1, -0.05) is 136 Å². The standard InChI is InChI=1S/C116H98N10O18/c127-107(119-57-85-61-137-85)75-23-7-15-67(45-75)71-19-11-31-81(49-71)141-95-53-89-99-90(114(134)125(113(89)133)93(43-65-35-39-117-40-36-65)111(131)123-79-27-3-1-4-28-79)54-96(142-82-32-12-20-72(50-82)68-16-8-24-76(46-68)108(128)120-58-86-62-138-86)102-104-98(144-84-34-14-22-74(52-84)70-18-10-26-78(48-70)110(130)122-60-88-64-140-88)56-92-100-91(115(135)126(116(92)136)94(44-66-37-41-118-42-38-66)112(132)124-80-29-5-2-6-30-80)55-97(103(106(100)104)101(95)105(99)102)143-83-33-13-21-73(51-83)69-17-9-25-77(47-69)109(129)121-59-87-63-139-87/h7-26,31-42,45-56,79-80,85-88,93-94H,1-6,27-30,43-44,57-64H2,(H,119,127)(H,120,128)(H,121,129)(H,122,130)(H,123,131)(H,124,132). The van der Waals surface area contributed by atoms with Crippen molar-refractivity contribution in [3.05, 3.63) is 323 Å². The Balaban J connectivity index is 0.816. The van der Waals surface area contributed by atoms with Gasteiger partial charge in [-0.2, -0.15) is 0 Å². The largest absolute Gasteiger partial charge is 0.457 e. The summed E-state index contributed by atoms with van der Waals surface area (Å²) in [5.41, 5.74) is 7.03. The minimum absolute atomic E-state index is 0.0545. The number of nitrogens with one attached hydrogen (secondary N) is 6. The number of carbonyl (C=O) groups is 10. The fourth-order valence-corrected chi connectivity index (χ4v) is 20.4. The number of amides is 10. The molecule has 720 valence electrons. The van der Waals surface area contributed by atoms with E-state index in [0.717, 1.165) is 48.3 Å². The summed E-state index contributed by atoms with van der Waals surface area (Å²) in [5, 5.41) is 19.4. The lowest BCUT2D eigenvalue weighted by atomic mass is 9.80. The highest BCUT2D eigenvalue weighted by Crippen LogP contribution is 2.59. The number of aromatic nitrogens is 2. The van der Waals surface area contributed by atoms with Gasteiger partial charge in [0, 0.05) is 141 Å². The van der Waals surface area contributed by atoms with E-state index in [0.29, 0.717) is 156 Å². The molecule has 6 aliphatic heterocycles. The predicted molar refractivity (Wildman–Crippen MR) is 538 cm³/mol. The zero-order chi connectivity index (χ0) is 97.7. The minimum atomic E-state index is -1.52. The molecule has 28 nitrogen and oxygen atoms in total. The van der Waals surface area contributed by atoms with Crippen LogP contribution in [0.5, 0.6) is 46.0 Å².